The van der Waals surface area contributed by atoms with Gasteiger partial charge in [0.2, 0.25) is 5.91 Å². The third-order valence-electron chi connectivity index (χ3n) is 3.72. The molecule has 0 bridgehead atoms. The van der Waals surface area contributed by atoms with E-state index in [1.165, 1.54) is 19.2 Å². The SMILES string of the molecule is CCCCOC(=O)c1ccc(NC(=O)Cc2ccc(OC)c(F)c2)cc1. The highest BCUT2D eigenvalue weighted by Crippen LogP contribution is 2.18. The molecule has 2 rings (SSSR count). The van der Waals surface area contributed by atoms with E-state index >= 15 is 0 Å². The molecule has 1 amide bonds. The second-order valence-corrected chi connectivity index (χ2v) is 5.76. The summed E-state index contributed by atoms with van der Waals surface area (Å²) in [4.78, 5) is 23.9. The van der Waals surface area contributed by atoms with Gasteiger partial charge in [-0.15, -0.1) is 0 Å². The van der Waals surface area contributed by atoms with Gasteiger partial charge in [0, 0.05) is 5.69 Å². The van der Waals surface area contributed by atoms with Crippen molar-refractivity contribution in [2.75, 3.05) is 19.0 Å². The van der Waals surface area contributed by atoms with Crippen LogP contribution in [0.2, 0.25) is 0 Å². The van der Waals surface area contributed by atoms with E-state index in [2.05, 4.69) is 5.32 Å². The Morgan fingerprint density at radius 2 is 1.85 bits per heavy atom. The summed E-state index contributed by atoms with van der Waals surface area (Å²) in [5.41, 5.74) is 1.52. The second-order valence-electron chi connectivity index (χ2n) is 5.76. The zero-order valence-electron chi connectivity index (χ0n) is 14.9. The molecule has 138 valence electrons. The third kappa shape index (κ3) is 5.58. The van der Waals surface area contributed by atoms with Gasteiger partial charge in [-0.3, -0.25) is 4.79 Å². The van der Waals surface area contributed by atoms with Crippen molar-refractivity contribution in [2.45, 2.75) is 26.2 Å². The number of carbonyl (C=O) groups excluding carboxylic acids is 2. The maximum atomic E-state index is 13.7. The fourth-order valence-electron chi connectivity index (χ4n) is 2.29. The van der Waals surface area contributed by atoms with E-state index in [1.807, 2.05) is 6.92 Å². The molecule has 2 aromatic carbocycles. The zero-order chi connectivity index (χ0) is 18.9. The Balaban J connectivity index is 1.90. The van der Waals surface area contributed by atoms with Gasteiger partial charge in [-0.05, 0) is 48.4 Å². The number of nitrogens with one attached hydrogen (secondary N) is 1. The molecule has 0 aromatic heterocycles. The predicted octanol–water partition coefficient (Wildman–Crippen LogP) is 3.97. The zero-order valence-corrected chi connectivity index (χ0v) is 14.9. The van der Waals surface area contributed by atoms with Crippen LogP contribution in [-0.4, -0.2) is 25.6 Å². The van der Waals surface area contributed by atoms with Gasteiger partial charge in [0.1, 0.15) is 0 Å². The number of rotatable bonds is 8. The van der Waals surface area contributed by atoms with Gasteiger partial charge in [0.25, 0.3) is 0 Å². The number of ether oxygens (including phenoxy) is 2. The molecule has 0 aliphatic carbocycles. The van der Waals surface area contributed by atoms with E-state index in [9.17, 15) is 14.0 Å². The van der Waals surface area contributed by atoms with Gasteiger partial charge in [0.15, 0.2) is 11.6 Å². The van der Waals surface area contributed by atoms with Gasteiger partial charge in [-0.1, -0.05) is 19.4 Å². The van der Waals surface area contributed by atoms with E-state index < -0.39 is 5.82 Å². The summed E-state index contributed by atoms with van der Waals surface area (Å²) in [5.74, 6) is -1.04. The summed E-state index contributed by atoms with van der Waals surface area (Å²) in [5, 5.41) is 2.71. The minimum atomic E-state index is -0.510. The summed E-state index contributed by atoms with van der Waals surface area (Å²) in [6, 6.07) is 10.8. The first-order chi connectivity index (χ1) is 12.5. The van der Waals surface area contributed by atoms with Crippen LogP contribution < -0.4 is 10.1 Å². The van der Waals surface area contributed by atoms with Gasteiger partial charge in [-0.2, -0.15) is 0 Å². The first-order valence-corrected chi connectivity index (χ1v) is 8.43. The number of esters is 1. The number of anilines is 1. The Morgan fingerprint density at radius 3 is 2.46 bits per heavy atom. The van der Waals surface area contributed by atoms with E-state index in [0.717, 1.165) is 12.8 Å². The lowest BCUT2D eigenvalue weighted by atomic mass is 10.1. The lowest BCUT2D eigenvalue weighted by Crippen LogP contribution is -2.14. The van der Waals surface area contributed by atoms with Crippen molar-refractivity contribution in [1.82, 2.24) is 0 Å². The highest BCUT2D eigenvalue weighted by Gasteiger charge is 2.10. The normalized spacial score (nSPS) is 10.3. The van der Waals surface area contributed by atoms with Crippen molar-refractivity contribution in [3.63, 3.8) is 0 Å². The molecule has 5 nitrogen and oxygen atoms in total. The average molecular weight is 359 g/mol. The maximum Gasteiger partial charge on any atom is 0.338 e. The number of hydrogen-bond donors (Lipinski definition) is 1. The van der Waals surface area contributed by atoms with Crippen LogP contribution in [0.25, 0.3) is 0 Å². The number of unbranched alkanes of at least 4 members (excludes halogenated alkanes) is 1. The van der Waals surface area contributed by atoms with Crippen LogP contribution in [0.1, 0.15) is 35.7 Å². The molecule has 0 unspecified atom stereocenters. The number of amides is 1. The van der Waals surface area contributed by atoms with Crippen LogP contribution in [0.5, 0.6) is 5.75 Å². The minimum absolute atomic E-state index is 0.0295. The number of benzene rings is 2. The first-order valence-electron chi connectivity index (χ1n) is 8.43. The average Bonchev–Trinajstić information content (AvgIpc) is 2.62. The molecule has 0 spiro atoms. The van der Waals surface area contributed by atoms with Crippen LogP contribution in [-0.2, 0) is 16.0 Å². The van der Waals surface area contributed by atoms with Crippen LogP contribution >= 0.6 is 0 Å². The Morgan fingerprint density at radius 1 is 1.12 bits per heavy atom. The van der Waals surface area contributed by atoms with Gasteiger partial charge < -0.3 is 14.8 Å². The number of carbonyl (C=O) groups is 2. The largest absolute Gasteiger partial charge is 0.494 e. The summed E-state index contributed by atoms with van der Waals surface area (Å²) in [6.07, 6.45) is 1.81. The first kappa shape index (κ1) is 19.4. The fraction of sp³-hybridized carbons (Fsp3) is 0.300. The number of halogens is 1. The Hall–Kier alpha value is -2.89. The van der Waals surface area contributed by atoms with Crippen LogP contribution in [0, 0.1) is 5.82 Å². The Kier molecular flexibility index (Phi) is 7.14. The third-order valence-corrected chi connectivity index (χ3v) is 3.72. The Bertz CT molecular complexity index is 759. The summed E-state index contributed by atoms with van der Waals surface area (Å²) >= 11 is 0. The van der Waals surface area contributed by atoms with Crippen molar-refractivity contribution in [1.29, 1.82) is 0 Å². The molecule has 0 saturated carbocycles. The molecule has 0 aliphatic heterocycles. The summed E-state index contributed by atoms with van der Waals surface area (Å²) in [7, 11) is 1.38. The topological polar surface area (TPSA) is 64.6 Å². The van der Waals surface area contributed by atoms with Crippen LogP contribution in [0.3, 0.4) is 0 Å². The lowest BCUT2D eigenvalue weighted by Gasteiger charge is -2.08. The van der Waals surface area contributed by atoms with Crippen LogP contribution in [0.15, 0.2) is 42.5 Å². The quantitative estimate of drug-likeness (QED) is 0.572. The molecular weight excluding hydrogens is 337 g/mol. The molecule has 0 saturated heterocycles. The van der Waals surface area contributed by atoms with E-state index in [-0.39, 0.29) is 24.0 Å². The molecule has 0 radical (unpaired) electrons. The molecule has 1 N–H and O–H groups in total. The van der Waals surface area contributed by atoms with Crippen molar-refractivity contribution >= 4 is 17.6 Å². The monoisotopic (exact) mass is 359 g/mol. The van der Waals surface area contributed by atoms with E-state index in [0.29, 0.717) is 23.4 Å². The van der Waals surface area contributed by atoms with E-state index in [1.54, 1.807) is 30.3 Å². The number of hydrogen-bond acceptors (Lipinski definition) is 4. The molecule has 0 heterocycles. The highest BCUT2D eigenvalue weighted by atomic mass is 19.1. The molecular formula is C20H22FNO4. The molecule has 2 aromatic rings. The second kappa shape index (κ2) is 9.56. The smallest absolute Gasteiger partial charge is 0.338 e. The number of methoxy groups -OCH3 is 1. The van der Waals surface area contributed by atoms with Crippen molar-refractivity contribution < 1.29 is 23.5 Å². The van der Waals surface area contributed by atoms with Crippen molar-refractivity contribution in [3.05, 3.63) is 59.4 Å². The van der Waals surface area contributed by atoms with E-state index in [4.69, 9.17) is 9.47 Å². The van der Waals surface area contributed by atoms with Crippen molar-refractivity contribution in [3.8, 4) is 5.75 Å². The standard InChI is InChI=1S/C20H22FNO4/c1-3-4-11-26-20(24)15-6-8-16(9-7-15)22-19(23)13-14-5-10-18(25-2)17(21)12-14/h5-10,12H,3-4,11,13H2,1-2H3,(H,22,23). The van der Waals surface area contributed by atoms with Crippen LogP contribution in [0.4, 0.5) is 10.1 Å². The summed E-state index contributed by atoms with van der Waals surface area (Å²) < 4.78 is 23.6. The van der Waals surface area contributed by atoms with Gasteiger partial charge in [-0.25, -0.2) is 9.18 Å². The lowest BCUT2D eigenvalue weighted by molar-refractivity contribution is -0.115. The summed E-state index contributed by atoms with van der Waals surface area (Å²) in [6.45, 7) is 2.41. The molecule has 26 heavy (non-hydrogen) atoms. The van der Waals surface area contributed by atoms with Gasteiger partial charge in [0.05, 0.1) is 25.7 Å². The Labute approximate surface area is 152 Å². The van der Waals surface area contributed by atoms with Gasteiger partial charge >= 0.3 is 5.97 Å². The molecule has 0 fully saturated rings. The molecule has 0 aliphatic rings. The molecule has 0 atom stereocenters. The predicted molar refractivity (Wildman–Crippen MR) is 96.9 cm³/mol. The molecule has 6 heteroatoms. The maximum absolute atomic E-state index is 13.7. The van der Waals surface area contributed by atoms with Crippen molar-refractivity contribution in [2.24, 2.45) is 0 Å². The minimum Gasteiger partial charge on any atom is -0.494 e. The highest BCUT2D eigenvalue weighted by molar-refractivity contribution is 5.94. The fourth-order valence-corrected chi connectivity index (χ4v) is 2.29.